The normalized spacial score (nSPS) is 12.0. The van der Waals surface area contributed by atoms with Gasteiger partial charge in [0.25, 0.3) is 0 Å². The van der Waals surface area contributed by atoms with Gasteiger partial charge in [-0.1, -0.05) is 11.6 Å². The number of nitrogens with two attached hydrogens (primary N) is 1. The first kappa shape index (κ1) is 10.7. The molecular formula is C11H16N2O. The summed E-state index contributed by atoms with van der Waals surface area (Å²) in [6.45, 7) is 4.04. The lowest BCUT2D eigenvalue weighted by atomic mass is 10.1. The standard InChI is InChI=1S/C11H16N2O/c1-8(2)6-10(12)9-4-5-13-7-11(9)14-3/h4-7,10H,12H2,1-3H3. The maximum Gasteiger partial charge on any atom is 0.142 e. The van der Waals surface area contributed by atoms with Crippen LogP contribution in [0.2, 0.25) is 0 Å². The summed E-state index contributed by atoms with van der Waals surface area (Å²) in [5.41, 5.74) is 8.14. The molecule has 1 atom stereocenters. The van der Waals surface area contributed by atoms with Gasteiger partial charge in [0.15, 0.2) is 0 Å². The van der Waals surface area contributed by atoms with E-state index in [1.807, 2.05) is 26.0 Å². The Bertz CT molecular complexity index is 330. The van der Waals surface area contributed by atoms with Crippen LogP contribution in [0.4, 0.5) is 0 Å². The number of nitrogens with zero attached hydrogens (tertiary/aromatic N) is 1. The lowest BCUT2D eigenvalue weighted by molar-refractivity contribution is 0.406. The number of allylic oxidation sites excluding steroid dienone is 1. The first-order valence-electron chi connectivity index (χ1n) is 4.53. The molecule has 1 unspecified atom stereocenters. The first-order valence-corrected chi connectivity index (χ1v) is 4.53. The van der Waals surface area contributed by atoms with Crippen LogP contribution in [-0.4, -0.2) is 12.1 Å². The Labute approximate surface area is 84.6 Å². The fraction of sp³-hybridized carbons (Fsp3) is 0.364. The van der Waals surface area contributed by atoms with E-state index >= 15 is 0 Å². The van der Waals surface area contributed by atoms with Crippen molar-refractivity contribution in [1.29, 1.82) is 0 Å². The predicted octanol–water partition coefficient (Wildman–Crippen LogP) is 2.06. The van der Waals surface area contributed by atoms with Crippen molar-refractivity contribution in [3.05, 3.63) is 35.7 Å². The molecule has 0 spiro atoms. The molecule has 3 nitrogen and oxygen atoms in total. The number of aromatic nitrogens is 1. The van der Waals surface area contributed by atoms with E-state index in [0.29, 0.717) is 0 Å². The molecule has 1 aromatic heterocycles. The second-order valence-electron chi connectivity index (χ2n) is 3.39. The molecule has 2 N–H and O–H groups in total. The average Bonchev–Trinajstić information content (AvgIpc) is 2.16. The van der Waals surface area contributed by atoms with Crippen LogP contribution < -0.4 is 10.5 Å². The number of pyridine rings is 1. The van der Waals surface area contributed by atoms with Crippen molar-refractivity contribution in [2.75, 3.05) is 7.11 Å². The molecule has 0 saturated carbocycles. The molecule has 0 aliphatic heterocycles. The van der Waals surface area contributed by atoms with E-state index in [4.69, 9.17) is 10.5 Å². The minimum atomic E-state index is -0.127. The third kappa shape index (κ3) is 2.57. The number of hydrogen-bond acceptors (Lipinski definition) is 3. The van der Waals surface area contributed by atoms with Gasteiger partial charge in [-0.15, -0.1) is 0 Å². The topological polar surface area (TPSA) is 48.1 Å². The van der Waals surface area contributed by atoms with Crippen molar-refractivity contribution in [2.24, 2.45) is 5.73 Å². The average molecular weight is 192 g/mol. The van der Waals surface area contributed by atoms with Crippen LogP contribution in [-0.2, 0) is 0 Å². The fourth-order valence-electron chi connectivity index (χ4n) is 1.29. The molecule has 14 heavy (non-hydrogen) atoms. The SMILES string of the molecule is COc1cnccc1C(N)C=C(C)C. The van der Waals surface area contributed by atoms with Gasteiger partial charge in [0.05, 0.1) is 19.3 Å². The molecule has 1 rings (SSSR count). The molecule has 76 valence electrons. The zero-order valence-electron chi connectivity index (χ0n) is 8.82. The van der Waals surface area contributed by atoms with Crippen LogP contribution in [0.1, 0.15) is 25.5 Å². The van der Waals surface area contributed by atoms with Crippen molar-refractivity contribution in [3.63, 3.8) is 0 Å². The predicted molar refractivity (Wildman–Crippen MR) is 57.1 cm³/mol. The molecule has 0 fully saturated rings. The van der Waals surface area contributed by atoms with Gasteiger partial charge < -0.3 is 10.5 Å². The summed E-state index contributed by atoms with van der Waals surface area (Å²) in [6.07, 6.45) is 5.39. The van der Waals surface area contributed by atoms with Gasteiger partial charge in [-0.2, -0.15) is 0 Å². The van der Waals surface area contributed by atoms with Gasteiger partial charge in [0, 0.05) is 11.8 Å². The van der Waals surface area contributed by atoms with Crippen molar-refractivity contribution in [3.8, 4) is 5.75 Å². The van der Waals surface area contributed by atoms with Gasteiger partial charge in [0.2, 0.25) is 0 Å². The van der Waals surface area contributed by atoms with Crippen LogP contribution in [0.25, 0.3) is 0 Å². The number of ether oxygens (including phenoxy) is 1. The summed E-state index contributed by atoms with van der Waals surface area (Å²) in [7, 11) is 1.62. The van der Waals surface area contributed by atoms with Crippen LogP contribution >= 0.6 is 0 Å². The number of rotatable bonds is 3. The highest BCUT2D eigenvalue weighted by Crippen LogP contribution is 2.23. The summed E-state index contributed by atoms with van der Waals surface area (Å²) in [6, 6.07) is 1.75. The highest BCUT2D eigenvalue weighted by Gasteiger charge is 2.08. The Kier molecular flexibility index (Phi) is 3.65. The monoisotopic (exact) mass is 192 g/mol. The highest BCUT2D eigenvalue weighted by molar-refractivity contribution is 5.35. The van der Waals surface area contributed by atoms with Gasteiger partial charge in [0.1, 0.15) is 5.75 Å². The molecule has 0 bridgehead atoms. The molecular weight excluding hydrogens is 176 g/mol. The quantitative estimate of drug-likeness (QED) is 0.746. The van der Waals surface area contributed by atoms with E-state index in [1.165, 1.54) is 5.57 Å². The van der Waals surface area contributed by atoms with E-state index in [1.54, 1.807) is 19.5 Å². The van der Waals surface area contributed by atoms with Crippen molar-refractivity contribution < 1.29 is 4.74 Å². The molecule has 0 aromatic carbocycles. The molecule has 3 heteroatoms. The highest BCUT2D eigenvalue weighted by atomic mass is 16.5. The van der Waals surface area contributed by atoms with Crippen LogP contribution in [0.5, 0.6) is 5.75 Å². The van der Waals surface area contributed by atoms with Gasteiger partial charge in [-0.25, -0.2) is 0 Å². The van der Waals surface area contributed by atoms with Crippen molar-refractivity contribution >= 4 is 0 Å². The molecule has 1 heterocycles. The summed E-state index contributed by atoms with van der Waals surface area (Å²) < 4.78 is 5.18. The molecule has 0 saturated heterocycles. The Balaban J connectivity index is 2.99. The molecule has 1 aromatic rings. The van der Waals surface area contributed by atoms with E-state index in [9.17, 15) is 0 Å². The van der Waals surface area contributed by atoms with E-state index in [2.05, 4.69) is 4.98 Å². The maximum atomic E-state index is 5.99. The van der Waals surface area contributed by atoms with E-state index < -0.39 is 0 Å². The van der Waals surface area contributed by atoms with Crippen LogP contribution in [0, 0.1) is 0 Å². The Hall–Kier alpha value is -1.35. The summed E-state index contributed by atoms with van der Waals surface area (Å²) in [4.78, 5) is 3.98. The molecule has 0 aliphatic rings. The lowest BCUT2D eigenvalue weighted by Gasteiger charge is -2.11. The first-order chi connectivity index (χ1) is 6.65. The second-order valence-corrected chi connectivity index (χ2v) is 3.39. The summed E-state index contributed by atoms with van der Waals surface area (Å²) >= 11 is 0. The number of methoxy groups -OCH3 is 1. The maximum absolute atomic E-state index is 5.99. The van der Waals surface area contributed by atoms with Crippen molar-refractivity contribution in [1.82, 2.24) is 4.98 Å². The van der Waals surface area contributed by atoms with Gasteiger partial charge >= 0.3 is 0 Å². The Morgan fingerprint density at radius 1 is 1.57 bits per heavy atom. The van der Waals surface area contributed by atoms with Crippen LogP contribution in [0.3, 0.4) is 0 Å². The van der Waals surface area contributed by atoms with E-state index in [-0.39, 0.29) is 6.04 Å². The van der Waals surface area contributed by atoms with Gasteiger partial charge in [-0.3, -0.25) is 4.98 Å². The largest absolute Gasteiger partial charge is 0.495 e. The lowest BCUT2D eigenvalue weighted by Crippen LogP contribution is -2.09. The molecule has 0 radical (unpaired) electrons. The zero-order chi connectivity index (χ0) is 10.6. The number of hydrogen-bond donors (Lipinski definition) is 1. The minimum Gasteiger partial charge on any atom is -0.495 e. The molecule has 0 amide bonds. The second kappa shape index (κ2) is 4.77. The third-order valence-electron chi connectivity index (χ3n) is 1.91. The zero-order valence-corrected chi connectivity index (χ0v) is 8.82. The summed E-state index contributed by atoms with van der Waals surface area (Å²) in [5.74, 6) is 0.734. The smallest absolute Gasteiger partial charge is 0.142 e. The third-order valence-corrected chi connectivity index (χ3v) is 1.91. The minimum absolute atomic E-state index is 0.127. The van der Waals surface area contributed by atoms with Crippen LogP contribution in [0.15, 0.2) is 30.1 Å². The fourth-order valence-corrected chi connectivity index (χ4v) is 1.29. The van der Waals surface area contributed by atoms with Gasteiger partial charge in [-0.05, 0) is 19.9 Å². The Morgan fingerprint density at radius 2 is 2.29 bits per heavy atom. The van der Waals surface area contributed by atoms with Crippen molar-refractivity contribution in [2.45, 2.75) is 19.9 Å². The Morgan fingerprint density at radius 3 is 2.86 bits per heavy atom. The van der Waals surface area contributed by atoms with E-state index in [0.717, 1.165) is 11.3 Å². The summed E-state index contributed by atoms with van der Waals surface area (Å²) in [5, 5.41) is 0. The molecule has 0 aliphatic carbocycles.